The van der Waals surface area contributed by atoms with E-state index in [0.29, 0.717) is 0 Å². The zero-order valence-electron chi connectivity index (χ0n) is 16.4. The summed E-state index contributed by atoms with van der Waals surface area (Å²) in [6.45, 7) is 1.18. The van der Waals surface area contributed by atoms with Crippen molar-refractivity contribution in [1.82, 2.24) is 10.4 Å². The van der Waals surface area contributed by atoms with E-state index in [-0.39, 0.29) is 56.6 Å². The average molecular weight is 448 g/mol. The maximum Gasteiger partial charge on any atom is 0.414 e. The number of hydroxylamine groups is 2. The van der Waals surface area contributed by atoms with Crippen LogP contribution in [0, 0.1) is 11.6 Å². The van der Waals surface area contributed by atoms with E-state index in [2.05, 4.69) is 0 Å². The Hall–Kier alpha value is -3.09. The van der Waals surface area contributed by atoms with Crippen LogP contribution < -0.4 is 15.1 Å². The molecule has 0 spiro atoms. The van der Waals surface area contributed by atoms with Crippen LogP contribution in [0.3, 0.4) is 0 Å². The van der Waals surface area contributed by atoms with E-state index >= 15 is 0 Å². The van der Waals surface area contributed by atoms with Gasteiger partial charge in [-0.15, -0.1) is 0 Å². The van der Waals surface area contributed by atoms with E-state index in [1.54, 1.807) is 0 Å². The van der Waals surface area contributed by atoms with Crippen molar-refractivity contribution in [3.8, 4) is 0 Å². The molecule has 3 rings (SSSR count). The molecule has 3 amide bonds. The third-order valence-electron chi connectivity index (χ3n) is 4.74. The Balaban J connectivity index is 1.71. The number of nitrogens with zero attached hydrogens (tertiary/aromatic N) is 3. The second-order valence-corrected chi connectivity index (χ2v) is 6.86. The highest BCUT2D eigenvalue weighted by Gasteiger charge is 2.34. The molecule has 0 unspecified atom stereocenters. The number of ether oxygens (including phenoxy) is 1. The number of hydrogen-bond donors (Lipinski definition) is 1. The number of anilines is 2. The van der Waals surface area contributed by atoms with Crippen molar-refractivity contribution >= 4 is 29.3 Å². The predicted octanol–water partition coefficient (Wildman–Crippen LogP) is 1.27. The van der Waals surface area contributed by atoms with Crippen molar-refractivity contribution in [2.75, 3.05) is 49.1 Å². The van der Waals surface area contributed by atoms with Gasteiger partial charge in [-0.3, -0.25) is 19.3 Å². The SMILES string of the molecule is CC(=O)N1CCN(c2c(F)cc(N3C[C@H](CNC(=O)C(F)F)OC3=O)cc2F)CCO1. The molecule has 2 fully saturated rings. The number of nitrogens with one attached hydrogen (secondary N) is 1. The summed E-state index contributed by atoms with van der Waals surface area (Å²) in [6, 6.07) is 1.91. The van der Waals surface area contributed by atoms with Gasteiger partial charge in [0.25, 0.3) is 5.91 Å². The highest BCUT2D eigenvalue weighted by molar-refractivity contribution is 5.90. The van der Waals surface area contributed by atoms with E-state index in [9.17, 15) is 31.9 Å². The Bertz CT molecular complexity index is 848. The summed E-state index contributed by atoms with van der Waals surface area (Å²) in [4.78, 5) is 42.0. The van der Waals surface area contributed by atoms with E-state index < -0.39 is 36.2 Å². The molecule has 9 nitrogen and oxygen atoms in total. The molecule has 1 atom stereocenters. The minimum Gasteiger partial charge on any atom is -0.442 e. The van der Waals surface area contributed by atoms with Gasteiger partial charge in [0.2, 0.25) is 5.91 Å². The lowest BCUT2D eigenvalue weighted by atomic mass is 10.2. The molecule has 0 aromatic heterocycles. The maximum atomic E-state index is 14.8. The molecule has 2 aliphatic rings. The number of hydrogen-bond acceptors (Lipinski definition) is 6. The van der Waals surface area contributed by atoms with Crippen molar-refractivity contribution in [1.29, 1.82) is 0 Å². The summed E-state index contributed by atoms with van der Waals surface area (Å²) in [5.41, 5.74) is -0.450. The Kier molecular flexibility index (Phi) is 6.83. The molecular weight excluding hydrogens is 428 g/mol. The van der Waals surface area contributed by atoms with E-state index in [1.165, 1.54) is 11.8 Å². The van der Waals surface area contributed by atoms with Crippen molar-refractivity contribution in [3.05, 3.63) is 23.8 Å². The molecule has 2 aliphatic heterocycles. The minimum atomic E-state index is -3.21. The van der Waals surface area contributed by atoms with Crippen LogP contribution in [0.25, 0.3) is 0 Å². The Morgan fingerprint density at radius 1 is 1.19 bits per heavy atom. The number of alkyl halides is 2. The fourth-order valence-corrected chi connectivity index (χ4v) is 3.26. The Labute approximate surface area is 174 Å². The third-order valence-corrected chi connectivity index (χ3v) is 4.74. The summed E-state index contributed by atoms with van der Waals surface area (Å²) in [5, 5.41) is 3.03. The Morgan fingerprint density at radius 2 is 1.87 bits per heavy atom. The van der Waals surface area contributed by atoms with Gasteiger partial charge in [0.15, 0.2) is 11.6 Å². The number of cyclic esters (lactones) is 1. The molecule has 13 heteroatoms. The van der Waals surface area contributed by atoms with Crippen LogP contribution in [0.5, 0.6) is 0 Å². The van der Waals surface area contributed by atoms with Gasteiger partial charge < -0.3 is 15.0 Å². The predicted molar refractivity (Wildman–Crippen MR) is 98.5 cm³/mol. The van der Waals surface area contributed by atoms with Crippen LogP contribution in [0.4, 0.5) is 33.7 Å². The van der Waals surface area contributed by atoms with Gasteiger partial charge in [-0.2, -0.15) is 8.78 Å². The summed E-state index contributed by atoms with van der Waals surface area (Å²) >= 11 is 0. The monoisotopic (exact) mass is 448 g/mol. The zero-order valence-corrected chi connectivity index (χ0v) is 16.4. The molecule has 31 heavy (non-hydrogen) atoms. The highest BCUT2D eigenvalue weighted by atomic mass is 19.3. The zero-order chi connectivity index (χ0) is 22.7. The fourth-order valence-electron chi connectivity index (χ4n) is 3.26. The van der Waals surface area contributed by atoms with Gasteiger partial charge in [0.05, 0.1) is 31.9 Å². The molecule has 1 aromatic carbocycles. The summed E-state index contributed by atoms with van der Waals surface area (Å²) < 4.78 is 59.0. The lowest BCUT2D eigenvalue weighted by Crippen LogP contribution is -2.37. The standard InChI is InChI=1S/C18H20F4N4O5/c1-10(27)26-3-2-24(4-5-30-26)15-13(19)6-11(7-14(15)20)25-9-12(31-18(25)29)8-23-17(28)16(21)22/h6-7,12,16H,2-5,8-9H2,1H3,(H,23,28)/t12-/m0/s1. The highest BCUT2D eigenvalue weighted by Crippen LogP contribution is 2.31. The largest absolute Gasteiger partial charge is 0.442 e. The van der Waals surface area contributed by atoms with E-state index in [4.69, 9.17) is 9.57 Å². The number of amides is 3. The van der Waals surface area contributed by atoms with Crippen LogP contribution in [-0.2, 0) is 19.2 Å². The third kappa shape index (κ3) is 5.16. The molecule has 170 valence electrons. The van der Waals surface area contributed by atoms with E-state index in [0.717, 1.165) is 22.1 Å². The number of carbonyl (C=O) groups is 3. The average Bonchev–Trinajstić information content (AvgIpc) is 2.90. The number of carbonyl (C=O) groups excluding carboxylic acids is 3. The lowest BCUT2D eigenvalue weighted by Gasteiger charge is -2.24. The van der Waals surface area contributed by atoms with Crippen LogP contribution in [0.1, 0.15) is 6.92 Å². The van der Waals surface area contributed by atoms with Gasteiger partial charge in [-0.05, 0) is 0 Å². The summed E-state index contributed by atoms with van der Waals surface area (Å²) in [5.74, 6) is -3.72. The van der Waals surface area contributed by atoms with Crippen molar-refractivity contribution < 1.29 is 41.5 Å². The normalized spacial score (nSPS) is 19.5. The molecule has 0 saturated carbocycles. The van der Waals surface area contributed by atoms with Crippen LogP contribution in [-0.4, -0.2) is 74.8 Å². The van der Waals surface area contributed by atoms with Crippen molar-refractivity contribution in [2.45, 2.75) is 19.5 Å². The first-order valence-electron chi connectivity index (χ1n) is 9.36. The summed E-state index contributed by atoms with van der Waals surface area (Å²) in [7, 11) is 0. The Morgan fingerprint density at radius 3 is 2.48 bits per heavy atom. The molecule has 1 aromatic rings. The van der Waals surface area contributed by atoms with Gasteiger partial charge in [0.1, 0.15) is 11.8 Å². The fraction of sp³-hybridized carbons (Fsp3) is 0.500. The van der Waals surface area contributed by atoms with Crippen LogP contribution >= 0.6 is 0 Å². The molecule has 0 aliphatic carbocycles. The molecule has 2 heterocycles. The van der Waals surface area contributed by atoms with Gasteiger partial charge in [-0.1, -0.05) is 0 Å². The van der Waals surface area contributed by atoms with Crippen molar-refractivity contribution in [2.24, 2.45) is 0 Å². The van der Waals surface area contributed by atoms with Crippen LogP contribution in [0.15, 0.2) is 12.1 Å². The molecule has 0 bridgehead atoms. The second-order valence-electron chi connectivity index (χ2n) is 6.86. The number of benzene rings is 1. The number of halogens is 4. The van der Waals surface area contributed by atoms with Crippen molar-refractivity contribution in [3.63, 3.8) is 0 Å². The molecule has 1 N–H and O–H groups in total. The quantitative estimate of drug-likeness (QED) is 0.683. The maximum absolute atomic E-state index is 14.8. The first kappa shape index (κ1) is 22.6. The van der Waals surface area contributed by atoms with Gasteiger partial charge in [0, 0.05) is 32.1 Å². The summed E-state index contributed by atoms with van der Waals surface area (Å²) in [6.07, 6.45) is -5.10. The van der Waals surface area contributed by atoms with Gasteiger partial charge >= 0.3 is 12.5 Å². The topological polar surface area (TPSA) is 91.4 Å². The smallest absolute Gasteiger partial charge is 0.414 e. The first-order valence-corrected chi connectivity index (χ1v) is 9.36. The van der Waals surface area contributed by atoms with E-state index in [1.807, 2.05) is 5.32 Å². The molecule has 0 radical (unpaired) electrons. The first-order chi connectivity index (χ1) is 14.7. The van der Waals surface area contributed by atoms with Gasteiger partial charge in [-0.25, -0.2) is 18.6 Å². The minimum absolute atomic E-state index is 0.0463. The lowest BCUT2D eigenvalue weighted by molar-refractivity contribution is -0.179. The molecular formula is C18H20F4N4O5. The second kappa shape index (κ2) is 9.37. The molecule has 2 saturated heterocycles. The number of rotatable bonds is 5. The van der Waals surface area contributed by atoms with Crippen LogP contribution in [0.2, 0.25) is 0 Å².